The van der Waals surface area contributed by atoms with Crippen molar-refractivity contribution in [1.82, 2.24) is 9.97 Å². The first kappa shape index (κ1) is 12.3. The number of imidazole rings is 1. The third-order valence-electron chi connectivity index (χ3n) is 3.03. The quantitative estimate of drug-likeness (QED) is 0.768. The average Bonchev–Trinajstić information content (AvgIpc) is 2.91. The van der Waals surface area contributed by atoms with Gasteiger partial charge in [0.15, 0.2) is 0 Å². The number of rotatable bonds is 3. The fourth-order valence-corrected chi connectivity index (χ4v) is 2.08. The van der Waals surface area contributed by atoms with Gasteiger partial charge in [0, 0.05) is 0 Å². The number of amides is 1. The summed E-state index contributed by atoms with van der Waals surface area (Å²) >= 11 is 0. The third kappa shape index (κ3) is 2.38. The van der Waals surface area contributed by atoms with E-state index in [4.69, 9.17) is 0 Å². The van der Waals surface area contributed by atoms with Crippen LogP contribution in [0.5, 0.6) is 0 Å². The van der Waals surface area contributed by atoms with Crippen LogP contribution in [-0.4, -0.2) is 15.9 Å². The van der Waals surface area contributed by atoms with Crippen LogP contribution in [0.3, 0.4) is 0 Å². The van der Waals surface area contributed by atoms with E-state index in [1.165, 1.54) is 6.07 Å². The number of anilines is 1. The van der Waals surface area contributed by atoms with Crippen LogP contribution in [0.2, 0.25) is 0 Å². The highest BCUT2D eigenvalue weighted by Crippen LogP contribution is 2.20. The molecule has 0 atom stereocenters. The molecular weight excluding hydrogens is 257 g/mol. The molecule has 2 N–H and O–H groups in total. The smallest absolute Gasteiger partial charge is 0.228 e. The summed E-state index contributed by atoms with van der Waals surface area (Å²) in [5, 5.41) is 2.76. The van der Waals surface area contributed by atoms with Crippen molar-refractivity contribution >= 4 is 22.6 Å². The first-order valence-electron chi connectivity index (χ1n) is 6.19. The van der Waals surface area contributed by atoms with Gasteiger partial charge in [-0.15, -0.1) is 0 Å². The van der Waals surface area contributed by atoms with Gasteiger partial charge in [0.1, 0.15) is 11.3 Å². The van der Waals surface area contributed by atoms with Crippen molar-refractivity contribution in [3.05, 3.63) is 60.2 Å². The molecule has 0 aliphatic carbocycles. The van der Waals surface area contributed by atoms with Gasteiger partial charge in [-0.3, -0.25) is 4.79 Å². The van der Waals surface area contributed by atoms with Crippen LogP contribution in [0.25, 0.3) is 11.0 Å². The molecule has 0 fully saturated rings. The van der Waals surface area contributed by atoms with Gasteiger partial charge in [-0.1, -0.05) is 24.3 Å². The van der Waals surface area contributed by atoms with Crippen molar-refractivity contribution in [2.75, 3.05) is 5.32 Å². The summed E-state index contributed by atoms with van der Waals surface area (Å²) < 4.78 is 13.5. The number of carbonyl (C=O) groups is 1. The Morgan fingerprint density at radius 3 is 2.90 bits per heavy atom. The summed E-state index contributed by atoms with van der Waals surface area (Å²) in [7, 11) is 0. The lowest BCUT2D eigenvalue weighted by atomic mass is 10.1. The Morgan fingerprint density at radius 1 is 1.20 bits per heavy atom. The summed E-state index contributed by atoms with van der Waals surface area (Å²) in [4.78, 5) is 19.1. The van der Waals surface area contributed by atoms with Gasteiger partial charge in [0.05, 0.1) is 24.0 Å². The lowest BCUT2D eigenvalue weighted by Gasteiger charge is -2.06. The molecule has 20 heavy (non-hydrogen) atoms. The molecule has 1 aromatic heterocycles. The minimum atomic E-state index is -0.374. The van der Waals surface area contributed by atoms with E-state index in [9.17, 15) is 9.18 Å². The van der Waals surface area contributed by atoms with E-state index >= 15 is 0 Å². The number of para-hydroxylation sites is 1. The Labute approximate surface area is 114 Å². The fraction of sp³-hybridized carbons (Fsp3) is 0.0667. The molecule has 3 rings (SSSR count). The summed E-state index contributed by atoms with van der Waals surface area (Å²) in [5.41, 5.74) is 2.52. The van der Waals surface area contributed by atoms with Crippen LogP contribution >= 0.6 is 0 Å². The maximum atomic E-state index is 13.5. The third-order valence-corrected chi connectivity index (χ3v) is 3.03. The molecule has 1 heterocycles. The monoisotopic (exact) mass is 269 g/mol. The lowest BCUT2D eigenvalue weighted by molar-refractivity contribution is -0.115. The number of benzene rings is 2. The molecule has 0 aliphatic heterocycles. The molecule has 0 spiro atoms. The number of H-pyrrole nitrogens is 1. The molecule has 1 amide bonds. The highest BCUT2D eigenvalue weighted by atomic mass is 19.1. The van der Waals surface area contributed by atoms with Gasteiger partial charge in [-0.2, -0.15) is 0 Å². The Hall–Kier alpha value is -2.69. The van der Waals surface area contributed by atoms with E-state index in [2.05, 4.69) is 15.3 Å². The van der Waals surface area contributed by atoms with E-state index in [0.717, 1.165) is 5.52 Å². The topological polar surface area (TPSA) is 57.8 Å². The largest absolute Gasteiger partial charge is 0.345 e. The number of nitrogens with zero attached hydrogens (tertiary/aromatic N) is 1. The molecule has 0 aliphatic rings. The number of nitrogens with one attached hydrogen (secondary N) is 2. The first-order chi connectivity index (χ1) is 9.74. The number of aromatic nitrogens is 2. The zero-order chi connectivity index (χ0) is 13.9. The van der Waals surface area contributed by atoms with Crippen LogP contribution in [0.15, 0.2) is 48.8 Å². The minimum Gasteiger partial charge on any atom is -0.345 e. The van der Waals surface area contributed by atoms with Crippen molar-refractivity contribution in [1.29, 1.82) is 0 Å². The number of hydrogen-bond donors (Lipinski definition) is 2. The number of carbonyl (C=O) groups excluding carboxylic acids is 1. The zero-order valence-corrected chi connectivity index (χ0v) is 10.6. The second kappa shape index (κ2) is 5.13. The van der Waals surface area contributed by atoms with Gasteiger partial charge >= 0.3 is 0 Å². The Bertz CT molecular complexity index is 766. The second-order valence-electron chi connectivity index (χ2n) is 4.42. The highest BCUT2D eigenvalue weighted by molar-refractivity contribution is 6.00. The maximum absolute atomic E-state index is 13.5. The van der Waals surface area contributed by atoms with Crippen LogP contribution in [-0.2, 0) is 11.2 Å². The Balaban J connectivity index is 1.80. The van der Waals surface area contributed by atoms with Gasteiger partial charge < -0.3 is 10.3 Å². The summed E-state index contributed by atoms with van der Waals surface area (Å²) in [5.74, 6) is -0.647. The first-order valence-corrected chi connectivity index (χ1v) is 6.19. The van der Waals surface area contributed by atoms with Gasteiger partial charge in [-0.05, 0) is 23.8 Å². The number of fused-ring (bicyclic) bond motifs is 1. The normalized spacial score (nSPS) is 10.7. The van der Waals surface area contributed by atoms with E-state index in [1.807, 2.05) is 12.1 Å². The van der Waals surface area contributed by atoms with Crippen LogP contribution in [0, 0.1) is 5.82 Å². The summed E-state index contributed by atoms with van der Waals surface area (Å²) in [6.45, 7) is 0. The zero-order valence-electron chi connectivity index (χ0n) is 10.6. The van der Waals surface area contributed by atoms with Crippen molar-refractivity contribution in [2.45, 2.75) is 6.42 Å². The molecule has 0 saturated heterocycles. The molecule has 0 saturated carbocycles. The average molecular weight is 269 g/mol. The second-order valence-corrected chi connectivity index (χ2v) is 4.42. The molecule has 0 unspecified atom stereocenters. The summed E-state index contributed by atoms with van der Waals surface area (Å²) in [6, 6.07) is 11.7. The van der Waals surface area contributed by atoms with E-state index in [1.54, 1.807) is 30.6 Å². The van der Waals surface area contributed by atoms with Crippen molar-refractivity contribution in [2.24, 2.45) is 0 Å². The number of halogens is 1. The predicted octanol–water partition coefficient (Wildman–Crippen LogP) is 2.88. The molecule has 4 nitrogen and oxygen atoms in total. The van der Waals surface area contributed by atoms with Gasteiger partial charge in [0.2, 0.25) is 5.91 Å². The van der Waals surface area contributed by atoms with Gasteiger partial charge in [-0.25, -0.2) is 9.37 Å². The minimum absolute atomic E-state index is 0.00646. The van der Waals surface area contributed by atoms with Crippen LogP contribution in [0.1, 0.15) is 5.56 Å². The van der Waals surface area contributed by atoms with E-state index in [0.29, 0.717) is 16.8 Å². The number of hydrogen-bond acceptors (Lipinski definition) is 2. The predicted molar refractivity (Wildman–Crippen MR) is 74.8 cm³/mol. The fourth-order valence-electron chi connectivity index (χ4n) is 2.08. The van der Waals surface area contributed by atoms with Crippen LogP contribution in [0.4, 0.5) is 10.1 Å². The standard InChI is InChI=1S/C15H12FN3O/c16-11-5-2-1-4-10(11)8-14(20)19-13-7-3-6-12-15(13)18-9-17-12/h1-7,9H,8H2,(H,17,18)(H,19,20). The lowest BCUT2D eigenvalue weighted by Crippen LogP contribution is -2.15. The van der Waals surface area contributed by atoms with E-state index < -0.39 is 0 Å². The molecule has 2 aromatic carbocycles. The SMILES string of the molecule is O=C(Cc1ccccc1F)Nc1cccc2[nH]cnc12. The van der Waals surface area contributed by atoms with Crippen molar-refractivity contribution < 1.29 is 9.18 Å². The van der Waals surface area contributed by atoms with Crippen LogP contribution < -0.4 is 5.32 Å². The molecule has 100 valence electrons. The molecule has 5 heteroatoms. The Morgan fingerprint density at radius 2 is 2.05 bits per heavy atom. The number of aromatic amines is 1. The molecule has 0 bridgehead atoms. The Kier molecular flexibility index (Phi) is 3.16. The summed E-state index contributed by atoms with van der Waals surface area (Å²) in [6.07, 6.45) is 1.56. The van der Waals surface area contributed by atoms with Gasteiger partial charge in [0.25, 0.3) is 0 Å². The molecule has 0 radical (unpaired) electrons. The molecule has 3 aromatic rings. The van der Waals surface area contributed by atoms with Crippen molar-refractivity contribution in [3.8, 4) is 0 Å². The highest BCUT2D eigenvalue weighted by Gasteiger charge is 2.10. The van der Waals surface area contributed by atoms with E-state index in [-0.39, 0.29) is 18.1 Å². The maximum Gasteiger partial charge on any atom is 0.228 e. The van der Waals surface area contributed by atoms with Crippen molar-refractivity contribution in [3.63, 3.8) is 0 Å². The molecular formula is C15H12FN3O.